The highest BCUT2D eigenvalue weighted by Crippen LogP contribution is 2.41. The first kappa shape index (κ1) is 18.5. The third-order valence-corrected chi connectivity index (χ3v) is 5.13. The van der Waals surface area contributed by atoms with Crippen molar-refractivity contribution in [2.45, 2.75) is 19.4 Å². The Morgan fingerprint density at radius 1 is 1.00 bits per heavy atom. The third kappa shape index (κ3) is 3.51. The highest BCUT2D eigenvalue weighted by molar-refractivity contribution is 6.06. The highest BCUT2D eigenvalue weighted by Gasteiger charge is 2.51. The van der Waals surface area contributed by atoms with Crippen LogP contribution in [-0.2, 0) is 6.42 Å². The Morgan fingerprint density at radius 2 is 1.69 bits per heavy atom. The van der Waals surface area contributed by atoms with Gasteiger partial charge in [-0.15, -0.1) is 0 Å². The predicted octanol–water partition coefficient (Wildman–Crippen LogP) is 4.74. The molecular formula is C26H19NO2. The van der Waals surface area contributed by atoms with Crippen molar-refractivity contribution in [1.82, 2.24) is 0 Å². The van der Waals surface area contributed by atoms with Crippen LogP contribution in [0.25, 0.3) is 0 Å². The monoisotopic (exact) mass is 377 g/mol. The molecule has 0 bridgehead atoms. The lowest BCUT2D eigenvalue weighted by Gasteiger charge is -2.36. The zero-order chi connectivity index (χ0) is 20.3. The maximum absolute atomic E-state index is 13.5. The van der Waals surface area contributed by atoms with Gasteiger partial charge in [-0.05, 0) is 42.3 Å². The van der Waals surface area contributed by atoms with E-state index in [1.54, 1.807) is 6.07 Å². The fraction of sp³-hybridized carbons (Fsp3) is 0.154. The van der Waals surface area contributed by atoms with Gasteiger partial charge < -0.3 is 4.74 Å². The van der Waals surface area contributed by atoms with Crippen molar-refractivity contribution in [3.05, 3.63) is 101 Å². The Balaban J connectivity index is 1.83. The third-order valence-electron chi connectivity index (χ3n) is 5.13. The lowest BCUT2D eigenvalue weighted by Crippen LogP contribution is -2.49. The number of rotatable bonds is 2. The van der Waals surface area contributed by atoms with Gasteiger partial charge in [0.25, 0.3) is 0 Å². The van der Waals surface area contributed by atoms with Crippen LogP contribution in [0.2, 0.25) is 0 Å². The number of nitriles is 1. The Hall–Kier alpha value is -3.82. The van der Waals surface area contributed by atoms with Gasteiger partial charge in [-0.2, -0.15) is 5.26 Å². The lowest BCUT2D eigenvalue weighted by atomic mass is 9.70. The number of hydrogen-bond donors (Lipinski definition) is 0. The van der Waals surface area contributed by atoms with Crippen molar-refractivity contribution in [2.75, 3.05) is 0 Å². The molecular weight excluding hydrogens is 358 g/mol. The topological polar surface area (TPSA) is 50.1 Å². The summed E-state index contributed by atoms with van der Waals surface area (Å²) in [5, 5.41) is 10.2. The van der Waals surface area contributed by atoms with Gasteiger partial charge in [-0.1, -0.05) is 66.4 Å². The molecule has 3 heteroatoms. The SMILES string of the molecule is Cc1ccc2c(c1)O[C@H](C#Cc1ccccc1)[C@@](C#N)(Cc1ccccc1)C2=O. The van der Waals surface area contributed by atoms with E-state index in [0.29, 0.717) is 11.3 Å². The average Bonchev–Trinajstić information content (AvgIpc) is 2.76. The molecule has 3 aromatic rings. The lowest BCUT2D eigenvalue weighted by molar-refractivity contribution is 0.0616. The molecule has 0 aromatic heterocycles. The molecule has 0 aliphatic carbocycles. The summed E-state index contributed by atoms with van der Waals surface area (Å²) >= 11 is 0. The molecule has 1 aliphatic heterocycles. The molecule has 1 aliphatic rings. The van der Waals surface area contributed by atoms with E-state index in [1.807, 2.05) is 79.7 Å². The number of nitrogens with zero attached hydrogens (tertiary/aromatic N) is 1. The highest BCUT2D eigenvalue weighted by atomic mass is 16.5. The second-order valence-electron chi connectivity index (χ2n) is 7.21. The molecule has 0 saturated carbocycles. The van der Waals surface area contributed by atoms with Crippen LogP contribution in [0.5, 0.6) is 5.75 Å². The van der Waals surface area contributed by atoms with Crippen molar-refractivity contribution in [1.29, 1.82) is 5.26 Å². The molecule has 1 heterocycles. The van der Waals surface area contributed by atoms with E-state index in [0.717, 1.165) is 16.7 Å². The average molecular weight is 377 g/mol. The molecule has 2 atom stereocenters. The van der Waals surface area contributed by atoms with Crippen molar-refractivity contribution >= 4 is 5.78 Å². The first-order chi connectivity index (χ1) is 14.1. The minimum Gasteiger partial charge on any atom is -0.475 e. The van der Waals surface area contributed by atoms with Crippen LogP contribution >= 0.6 is 0 Å². The number of Topliss-reactive ketones (excluding diaryl/α,β-unsaturated/α-hetero) is 1. The van der Waals surface area contributed by atoms with Gasteiger partial charge in [-0.25, -0.2) is 0 Å². The molecule has 3 aromatic carbocycles. The fourth-order valence-electron chi connectivity index (χ4n) is 3.56. The first-order valence-corrected chi connectivity index (χ1v) is 9.46. The number of fused-ring (bicyclic) bond motifs is 1. The maximum Gasteiger partial charge on any atom is 0.192 e. The molecule has 3 nitrogen and oxygen atoms in total. The number of ether oxygens (including phenoxy) is 1. The van der Waals surface area contributed by atoms with Crippen LogP contribution in [0.3, 0.4) is 0 Å². The van der Waals surface area contributed by atoms with E-state index >= 15 is 0 Å². The number of aryl methyl sites for hydroxylation is 1. The summed E-state index contributed by atoms with van der Waals surface area (Å²) in [7, 11) is 0. The summed E-state index contributed by atoms with van der Waals surface area (Å²) in [5.41, 5.74) is 1.72. The summed E-state index contributed by atoms with van der Waals surface area (Å²) in [6, 6.07) is 26.7. The summed E-state index contributed by atoms with van der Waals surface area (Å²) in [6.07, 6.45) is -0.625. The second kappa shape index (κ2) is 7.66. The van der Waals surface area contributed by atoms with Crippen LogP contribution < -0.4 is 4.74 Å². The normalized spacial score (nSPS) is 19.9. The van der Waals surface area contributed by atoms with Gasteiger partial charge in [0.05, 0.1) is 11.6 Å². The number of carbonyl (C=O) groups is 1. The second-order valence-corrected chi connectivity index (χ2v) is 7.21. The van der Waals surface area contributed by atoms with Crippen molar-refractivity contribution in [2.24, 2.45) is 5.41 Å². The Bertz CT molecular complexity index is 1150. The zero-order valence-corrected chi connectivity index (χ0v) is 16.1. The van der Waals surface area contributed by atoms with Crippen molar-refractivity contribution in [3.63, 3.8) is 0 Å². The number of ketones is 1. The molecule has 29 heavy (non-hydrogen) atoms. The zero-order valence-electron chi connectivity index (χ0n) is 16.1. The summed E-state index contributed by atoms with van der Waals surface area (Å²) in [6.45, 7) is 1.94. The van der Waals surface area contributed by atoms with Gasteiger partial charge in [0.2, 0.25) is 0 Å². The summed E-state index contributed by atoms with van der Waals surface area (Å²) in [5.74, 6) is 6.40. The van der Waals surface area contributed by atoms with Crippen LogP contribution in [0.4, 0.5) is 0 Å². The first-order valence-electron chi connectivity index (χ1n) is 9.46. The van der Waals surface area contributed by atoms with Crippen LogP contribution in [0.15, 0.2) is 78.9 Å². The van der Waals surface area contributed by atoms with E-state index in [2.05, 4.69) is 17.9 Å². The van der Waals surface area contributed by atoms with Gasteiger partial charge in [0.15, 0.2) is 17.3 Å². The predicted molar refractivity (Wildman–Crippen MR) is 111 cm³/mol. The van der Waals surface area contributed by atoms with Gasteiger partial charge in [-0.3, -0.25) is 4.79 Å². The van der Waals surface area contributed by atoms with E-state index in [-0.39, 0.29) is 12.2 Å². The maximum atomic E-state index is 13.5. The summed E-state index contributed by atoms with van der Waals surface area (Å²) < 4.78 is 6.17. The van der Waals surface area contributed by atoms with Gasteiger partial charge >= 0.3 is 0 Å². The van der Waals surface area contributed by atoms with E-state index in [9.17, 15) is 10.1 Å². The van der Waals surface area contributed by atoms with E-state index < -0.39 is 11.5 Å². The molecule has 140 valence electrons. The molecule has 0 saturated heterocycles. The van der Waals surface area contributed by atoms with Crippen LogP contribution in [0, 0.1) is 35.5 Å². The van der Waals surface area contributed by atoms with Crippen molar-refractivity contribution < 1.29 is 9.53 Å². The summed E-state index contributed by atoms with van der Waals surface area (Å²) in [4.78, 5) is 13.5. The molecule has 0 spiro atoms. The van der Waals surface area contributed by atoms with Crippen LogP contribution in [-0.4, -0.2) is 11.9 Å². The molecule has 4 rings (SSSR count). The number of carbonyl (C=O) groups excluding carboxylic acids is 1. The number of hydrogen-bond acceptors (Lipinski definition) is 3. The molecule has 0 radical (unpaired) electrons. The fourth-order valence-corrected chi connectivity index (χ4v) is 3.56. The minimum absolute atomic E-state index is 0.238. The number of benzene rings is 3. The minimum atomic E-state index is -1.41. The largest absolute Gasteiger partial charge is 0.475 e. The van der Waals surface area contributed by atoms with Crippen molar-refractivity contribution in [3.8, 4) is 23.7 Å². The quantitative estimate of drug-likeness (QED) is 0.606. The molecule has 0 amide bonds. The van der Waals surface area contributed by atoms with Gasteiger partial charge in [0, 0.05) is 12.0 Å². The molecule has 0 N–H and O–H groups in total. The molecule has 0 fully saturated rings. The Kier molecular flexibility index (Phi) is 4.90. The van der Waals surface area contributed by atoms with E-state index in [4.69, 9.17) is 4.74 Å². The Labute approximate surface area is 170 Å². The van der Waals surface area contributed by atoms with Gasteiger partial charge in [0.1, 0.15) is 5.75 Å². The molecule has 0 unspecified atom stereocenters. The van der Waals surface area contributed by atoms with E-state index in [1.165, 1.54) is 0 Å². The Morgan fingerprint density at radius 3 is 2.38 bits per heavy atom. The smallest absolute Gasteiger partial charge is 0.192 e. The van der Waals surface area contributed by atoms with Crippen LogP contribution in [0.1, 0.15) is 27.0 Å². The standard InChI is InChI=1S/C26H19NO2/c1-19-12-14-22-23(16-19)29-24(15-13-20-8-4-2-5-9-20)26(18-27,25(22)28)17-21-10-6-3-7-11-21/h2-12,14,16,24H,17H2,1H3/t24-,26+/m1/s1.